The Morgan fingerprint density at radius 1 is 1.19 bits per heavy atom. The molecule has 4 heteroatoms. The summed E-state index contributed by atoms with van der Waals surface area (Å²) in [5.41, 5.74) is 0.322. The molecular formula is C17H24F3N. The molecule has 0 bridgehead atoms. The maximum atomic E-state index is 13.0. The lowest BCUT2D eigenvalue weighted by atomic mass is 9.73. The number of rotatable bonds is 5. The van der Waals surface area contributed by atoms with Crippen LogP contribution in [0, 0.1) is 5.41 Å². The van der Waals surface area contributed by atoms with Crippen LogP contribution in [0.25, 0.3) is 0 Å². The highest BCUT2D eigenvalue weighted by molar-refractivity contribution is 5.29. The van der Waals surface area contributed by atoms with E-state index in [1.165, 1.54) is 25.0 Å². The van der Waals surface area contributed by atoms with Crippen molar-refractivity contribution in [1.29, 1.82) is 0 Å². The summed E-state index contributed by atoms with van der Waals surface area (Å²) in [5.74, 6) is 0. The van der Waals surface area contributed by atoms with Crippen LogP contribution in [0.2, 0.25) is 0 Å². The zero-order chi connectivity index (χ0) is 15.5. The summed E-state index contributed by atoms with van der Waals surface area (Å²) in [6.07, 6.45) is 1.26. The quantitative estimate of drug-likeness (QED) is 0.775. The molecule has 0 radical (unpaired) electrons. The van der Waals surface area contributed by atoms with E-state index in [2.05, 4.69) is 12.2 Å². The second-order valence-corrected chi connectivity index (χ2v) is 6.04. The van der Waals surface area contributed by atoms with Gasteiger partial charge in [0.15, 0.2) is 0 Å². The van der Waals surface area contributed by atoms with E-state index in [0.717, 1.165) is 37.4 Å². The molecule has 0 aromatic heterocycles. The average molecular weight is 299 g/mol. The summed E-state index contributed by atoms with van der Waals surface area (Å²) in [6, 6.07) is 5.85. The first-order valence-corrected chi connectivity index (χ1v) is 7.83. The van der Waals surface area contributed by atoms with Gasteiger partial charge in [0.2, 0.25) is 0 Å². The van der Waals surface area contributed by atoms with Crippen molar-refractivity contribution >= 4 is 0 Å². The molecule has 1 saturated carbocycles. The molecule has 118 valence electrons. The molecule has 1 aromatic rings. The fourth-order valence-corrected chi connectivity index (χ4v) is 3.71. The lowest BCUT2D eigenvalue weighted by molar-refractivity contribution is -0.137. The van der Waals surface area contributed by atoms with Crippen molar-refractivity contribution in [2.75, 3.05) is 6.54 Å². The number of benzene rings is 1. The van der Waals surface area contributed by atoms with Gasteiger partial charge in [-0.2, -0.15) is 13.2 Å². The van der Waals surface area contributed by atoms with E-state index in [4.69, 9.17) is 0 Å². The first-order valence-electron chi connectivity index (χ1n) is 7.83. The van der Waals surface area contributed by atoms with Gasteiger partial charge in [-0.15, -0.1) is 0 Å². The van der Waals surface area contributed by atoms with Crippen LogP contribution >= 0.6 is 0 Å². The molecule has 1 aliphatic carbocycles. The molecule has 0 saturated heterocycles. The van der Waals surface area contributed by atoms with Crippen LogP contribution in [0.15, 0.2) is 24.3 Å². The van der Waals surface area contributed by atoms with Gasteiger partial charge < -0.3 is 5.32 Å². The largest absolute Gasteiger partial charge is 0.416 e. The second-order valence-electron chi connectivity index (χ2n) is 6.04. The Balaban J connectivity index is 2.38. The van der Waals surface area contributed by atoms with Gasteiger partial charge in [0.1, 0.15) is 0 Å². The third-order valence-electron chi connectivity index (χ3n) is 4.87. The van der Waals surface area contributed by atoms with E-state index in [9.17, 15) is 13.2 Å². The summed E-state index contributed by atoms with van der Waals surface area (Å²) < 4.78 is 38.9. The zero-order valence-corrected chi connectivity index (χ0v) is 12.8. The lowest BCUT2D eigenvalue weighted by Gasteiger charge is -2.38. The van der Waals surface area contributed by atoms with Gasteiger partial charge in [0, 0.05) is 6.04 Å². The van der Waals surface area contributed by atoms with E-state index < -0.39 is 11.7 Å². The predicted octanol–water partition coefficient (Wildman–Crippen LogP) is 5.33. The average Bonchev–Trinajstić information content (AvgIpc) is 2.94. The molecule has 0 spiro atoms. The molecule has 1 aromatic carbocycles. The zero-order valence-electron chi connectivity index (χ0n) is 12.8. The smallest absolute Gasteiger partial charge is 0.310 e. The predicted molar refractivity (Wildman–Crippen MR) is 79.1 cm³/mol. The van der Waals surface area contributed by atoms with Crippen LogP contribution in [0.1, 0.15) is 63.1 Å². The molecule has 1 aliphatic rings. The van der Waals surface area contributed by atoms with Crippen LogP contribution in [0.5, 0.6) is 0 Å². The monoisotopic (exact) mass is 299 g/mol. The van der Waals surface area contributed by atoms with Crippen LogP contribution < -0.4 is 5.32 Å². The minimum atomic E-state index is -4.28. The molecule has 1 atom stereocenters. The minimum Gasteiger partial charge on any atom is -0.310 e. The number of halogens is 3. The van der Waals surface area contributed by atoms with Crippen LogP contribution in [-0.2, 0) is 6.18 Å². The number of hydrogen-bond donors (Lipinski definition) is 1. The van der Waals surface area contributed by atoms with Gasteiger partial charge in [-0.1, -0.05) is 38.8 Å². The first-order chi connectivity index (χ1) is 9.93. The van der Waals surface area contributed by atoms with Gasteiger partial charge in [0.25, 0.3) is 0 Å². The lowest BCUT2D eigenvalue weighted by Crippen LogP contribution is -2.36. The molecule has 1 fully saturated rings. The van der Waals surface area contributed by atoms with E-state index in [1.54, 1.807) is 0 Å². The molecule has 1 nitrogen and oxygen atoms in total. The fourth-order valence-electron chi connectivity index (χ4n) is 3.71. The molecule has 0 heterocycles. The topological polar surface area (TPSA) is 12.0 Å². The van der Waals surface area contributed by atoms with E-state index in [0.29, 0.717) is 0 Å². The van der Waals surface area contributed by atoms with Crippen molar-refractivity contribution in [2.24, 2.45) is 5.41 Å². The third kappa shape index (κ3) is 3.42. The summed E-state index contributed by atoms with van der Waals surface area (Å²) in [7, 11) is 0. The standard InChI is InChI=1S/C17H24F3N/c1-3-16(10-5-6-11-16)15(21-4-2)13-8-7-9-14(12-13)17(18,19)20/h7-9,12,15,21H,3-6,10-11H2,1-2H3. The number of hydrogen-bond acceptors (Lipinski definition) is 1. The molecule has 1 N–H and O–H groups in total. The van der Waals surface area contributed by atoms with Crippen molar-refractivity contribution in [1.82, 2.24) is 5.32 Å². The number of alkyl halides is 3. The van der Waals surface area contributed by atoms with Gasteiger partial charge in [-0.25, -0.2) is 0 Å². The summed E-state index contributed by atoms with van der Waals surface area (Å²) >= 11 is 0. The number of nitrogens with one attached hydrogen (secondary N) is 1. The second kappa shape index (κ2) is 6.39. The van der Waals surface area contributed by atoms with Crippen molar-refractivity contribution in [3.63, 3.8) is 0 Å². The van der Waals surface area contributed by atoms with Gasteiger partial charge in [-0.05, 0) is 48.9 Å². The van der Waals surface area contributed by atoms with Crippen molar-refractivity contribution in [2.45, 2.75) is 58.2 Å². The van der Waals surface area contributed by atoms with Crippen molar-refractivity contribution < 1.29 is 13.2 Å². The fraction of sp³-hybridized carbons (Fsp3) is 0.647. The molecule has 2 rings (SSSR count). The maximum absolute atomic E-state index is 13.0. The Morgan fingerprint density at radius 2 is 1.86 bits per heavy atom. The third-order valence-corrected chi connectivity index (χ3v) is 4.87. The Morgan fingerprint density at radius 3 is 2.38 bits per heavy atom. The molecule has 21 heavy (non-hydrogen) atoms. The minimum absolute atomic E-state index is 0.0114. The highest BCUT2D eigenvalue weighted by Crippen LogP contribution is 2.50. The highest BCUT2D eigenvalue weighted by atomic mass is 19.4. The highest BCUT2D eigenvalue weighted by Gasteiger charge is 2.41. The molecule has 0 amide bonds. The summed E-state index contributed by atoms with van der Waals surface area (Å²) in [5, 5.41) is 3.44. The molecular weight excluding hydrogens is 275 g/mol. The Kier molecular flexibility index (Phi) is 4.97. The Bertz CT molecular complexity index is 461. The van der Waals surface area contributed by atoms with Crippen LogP contribution in [-0.4, -0.2) is 6.54 Å². The Hall–Kier alpha value is -1.03. The van der Waals surface area contributed by atoms with Gasteiger partial charge in [0.05, 0.1) is 5.56 Å². The normalized spacial score (nSPS) is 19.7. The van der Waals surface area contributed by atoms with E-state index in [-0.39, 0.29) is 11.5 Å². The van der Waals surface area contributed by atoms with Gasteiger partial charge in [-0.3, -0.25) is 0 Å². The Labute approximate surface area is 124 Å². The summed E-state index contributed by atoms with van der Waals surface area (Å²) in [6.45, 7) is 4.94. The maximum Gasteiger partial charge on any atom is 0.416 e. The van der Waals surface area contributed by atoms with E-state index >= 15 is 0 Å². The van der Waals surface area contributed by atoms with Crippen LogP contribution in [0.4, 0.5) is 13.2 Å². The van der Waals surface area contributed by atoms with Gasteiger partial charge >= 0.3 is 6.18 Å². The first kappa shape index (κ1) is 16.3. The molecule has 1 unspecified atom stereocenters. The summed E-state index contributed by atoms with van der Waals surface area (Å²) in [4.78, 5) is 0. The van der Waals surface area contributed by atoms with Crippen LogP contribution in [0.3, 0.4) is 0 Å². The van der Waals surface area contributed by atoms with Crippen molar-refractivity contribution in [3.8, 4) is 0 Å². The van der Waals surface area contributed by atoms with Crippen molar-refractivity contribution in [3.05, 3.63) is 35.4 Å². The molecule has 0 aliphatic heterocycles. The van der Waals surface area contributed by atoms with E-state index in [1.807, 2.05) is 13.0 Å². The SMILES string of the molecule is CCNC(c1cccc(C(F)(F)F)c1)C1(CC)CCCC1.